The van der Waals surface area contributed by atoms with Gasteiger partial charge >= 0.3 is 0 Å². The minimum absolute atomic E-state index is 0.128. The van der Waals surface area contributed by atoms with E-state index in [4.69, 9.17) is 9.97 Å². The van der Waals surface area contributed by atoms with E-state index in [1.54, 1.807) is 11.1 Å². The van der Waals surface area contributed by atoms with Crippen molar-refractivity contribution in [3.05, 3.63) is 52.4 Å². The lowest BCUT2D eigenvalue weighted by molar-refractivity contribution is -0.117. The highest BCUT2D eigenvalue weighted by molar-refractivity contribution is 5.90. The molecule has 0 spiro atoms. The minimum Gasteiger partial charge on any atom is -0.309 e. The van der Waals surface area contributed by atoms with Crippen LogP contribution >= 0.6 is 0 Å². The minimum atomic E-state index is 0.128. The summed E-state index contributed by atoms with van der Waals surface area (Å²) in [6, 6.07) is 8.65. The number of allylic oxidation sites excluding steroid dienone is 2. The van der Waals surface area contributed by atoms with Crippen molar-refractivity contribution in [3.63, 3.8) is 0 Å². The van der Waals surface area contributed by atoms with Crippen molar-refractivity contribution in [2.75, 3.05) is 5.32 Å². The number of carbonyl (C=O) groups excluding carboxylic acids is 1. The predicted molar refractivity (Wildman–Crippen MR) is 146 cm³/mol. The van der Waals surface area contributed by atoms with Crippen molar-refractivity contribution in [2.24, 2.45) is 17.3 Å². The van der Waals surface area contributed by atoms with Crippen molar-refractivity contribution < 1.29 is 4.79 Å². The van der Waals surface area contributed by atoms with Crippen LogP contribution in [0.5, 0.6) is 0 Å². The number of aryl methyl sites for hydroxylation is 2. The molecule has 2 aromatic rings. The van der Waals surface area contributed by atoms with Crippen LogP contribution in [0.3, 0.4) is 0 Å². The fourth-order valence-corrected chi connectivity index (χ4v) is 7.73. The summed E-state index contributed by atoms with van der Waals surface area (Å²) in [5.41, 5.74) is 9.22. The number of hydrogen-bond donors (Lipinski definition) is 1. The number of nitrogens with zero attached hydrogens (tertiary/aromatic N) is 2. The second kappa shape index (κ2) is 9.76. The molecule has 1 heterocycles. The first-order valence-corrected chi connectivity index (χ1v) is 14.4. The number of amides is 1. The molecule has 1 N–H and O–H groups in total. The number of benzene rings is 1. The van der Waals surface area contributed by atoms with E-state index < -0.39 is 0 Å². The monoisotopic (exact) mass is 483 g/mol. The van der Waals surface area contributed by atoms with Gasteiger partial charge in [-0.05, 0) is 93.9 Å². The Kier molecular flexibility index (Phi) is 6.47. The molecule has 4 nitrogen and oxygen atoms in total. The van der Waals surface area contributed by atoms with Gasteiger partial charge in [0.1, 0.15) is 0 Å². The number of aromatic nitrogens is 2. The molecule has 2 saturated carbocycles. The molecule has 2 atom stereocenters. The molecule has 2 fully saturated rings. The molecule has 0 aliphatic heterocycles. The number of fused-ring (bicyclic) bond motifs is 5. The van der Waals surface area contributed by atoms with Gasteiger partial charge in [0.25, 0.3) is 0 Å². The van der Waals surface area contributed by atoms with Gasteiger partial charge < -0.3 is 5.32 Å². The zero-order valence-corrected chi connectivity index (χ0v) is 22.2. The standard InChI is InChI=1S/C32H41N3O/c1-21-16-25-19-32(18-21,15-14-22(25)2)20-28-31(35-29(36)17-23-8-4-3-5-9-23)34-27-13-12-24-10-6-7-11-26(24)30(27)33-28/h6-7,10-11,21,23H,3-5,8-9,12-20H2,1-2H3,(H,34,35,36). The molecule has 190 valence electrons. The van der Waals surface area contributed by atoms with Crippen LogP contribution in [-0.4, -0.2) is 15.9 Å². The second-order valence-corrected chi connectivity index (χ2v) is 12.5. The first-order valence-electron chi connectivity index (χ1n) is 14.4. The summed E-state index contributed by atoms with van der Waals surface area (Å²) in [6.45, 7) is 4.75. The van der Waals surface area contributed by atoms with E-state index in [0.29, 0.717) is 18.3 Å². The van der Waals surface area contributed by atoms with Crippen LogP contribution in [-0.2, 0) is 24.1 Å². The molecule has 0 saturated heterocycles. The van der Waals surface area contributed by atoms with Gasteiger partial charge in [0.15, 0.2) is 5.82 Å². The third kappa shape index (κ3) is 4.76. The molecule has 4 aliphatic rings. The van der Waals surface area contributed by atoms with Gasteiger partial charge in [0, 0.05) is 12.0 Å². The summed E-state index contributed by atoms with van der Waals surface area (Å²) in [7, 11) is 0. The van der Waals surface area contributed by atoms with E-state index in [0.717, 1.165) is 42.2 Å². The average Bonchev–Trinajstić information content (AvgIpc) is 2.87. The third-order valence-electron chi connectivity index (χ3n) is 9.54. The van der Waals surface area contributed by atoms with Gasteiger partial charge in [-0.15, -0.1) is 0 Å². The molecule has 6 rings (SSSR count). The molecular weight excluding hydrogens is 442 g/mol. The van der Waals surface area contributed by atoms with E-state index in [1.165, 1.54) is 75.3 Å². The van der Waals surface area contributed by atoms with Crippen LogP contribution in [0.4, 0.5) is 5.82 Å². The normalized spacial score (nSPS) is 25.8. The number of hydrogen-bond acceptors (Lipinski definition) is 3. The highest BCUT2D eigenvalue weighted by atomic mass is 16.1. The summed E-state index contributed by atoms with van der Waals surface area (Å²) in [4.78, 5) is 23.7. The summed E-state index contributed by atoms with van der Waals surface area (Å²) in [6.07, 6.45) is 15.7. The molecule has 1 aromatic heterocycles. The smallest absolute Gasteiger partial charge is 0.225 e. The molecule has 36 heavy (non-hydrogen) atoms. The lowest BCUT2D eigenvalue weighted by Crippen LogP contribution is -2.35. The zero-order chi connectivity index (χ0) is 24.7. The first-order chi connectivity index (χ1) is 17.5. The van der Waals surface area contributed by atoms with E-state index in [1.807, 2.05) is 0 Å². The Morgan fingerprint density at radius 3 is 2.78 bits per heavy atom. The lowest BCUT2D eigenvalue weighted by atomic mass is 9.60. The van der Waals surface area contributed by atoms with Crippen LogP contribution in [0.15, 0.2) is 35.4 Å². The van der Waals surface area contributed by atoms with Crippen molar-refractivity contribution in [1.82, 2.24) is 9.97 Å². The molecule has 0 radical (unpaired) electrons. The maximum atomic E-state index is 13.2. The van der Waals surface area contributed by atoms with Crippen LogP contribution in [0.25, 0.3) is 11.3 Å². The SMILES string of the molecule is CC1=C2CC(C)CC(Cc3nc4c(nc3NC(=O)CC3CCCCC3)CCc3ccccc3-4)(CC1)C2. The highest BCUT2D eigenvalue weighted by Gasteiger charge is 2.41. The highest BCUT2D eigenvalue weighted by Crippen LogP contribution is 2.52. The summed E-state index contributed by atoms with van der Waals surface area (Å²) >= 11 is 0. The Balaban J connectivity index is 1.34. The fraction of sp³-hybridized carbons (Fsp3) is 0.594. The fourth-order valence-electron chi connectivity index (χ4n) is 7.73. The topological polar surface area (TPSA) is 54.9 Å². The van der Waals surface area contributed by atoms with E-state index >= 15 is 0 Å². The molecule has 2 unspecified atom stereocenters. The Hall–Kier alpha value is -2.49. The predicted octanol–water partition coefficient (Wildman–Crippen LogP) is 7.61. The van der Waals surface area contributed by atoms with Gasteiger partial charge in [-0.25, -0.2) is 9.97 Å². The van der Waals surface area contributed by atoms with E-state index in [2.05, 4.69) is 43.4 Å². The molecule has 4 aliphatic carbocycles. The Morgan fingerprint density at radius 2 is 1.92 bits per heavy atom. The quantitative estimate of drug-likeness (QED) is 0.445. The van der Waals surface area contributed by atoms with Gasteiger partial charge in [-0.3, -0.25) is 4.79 Å². The van der Waals surface area contributed by atoms with Crippen molar-refractivity contribution in [1.29, 1.82) is 0 Å². The Morgan fingerprint density at radius 1 is 1.08 bits per heavy atom. The number of carbonyl (C=O) groups is 1. The maximum absolute atomic E-state index is 13.2. The Bertz CT molecular complexity index is 1190. The van der Waals surface area contributed by atoms with Gasteiger partial charge in [-0.1, -0.05) is 61.6 Å². The number of nitrogens with one attached hydrogen (secondary N) is 1. The maximum Gasteiger partial charge on any atom is 0.225 e. The molecular formula is C32H41N3O. The zero-order valence-electron chi connectivity index (χ0n) is 22.2. The average molecular weight is 484 g/mol. The Labute approximate surface area is 216 Å². The third-order valence-corrected chi connectivity index (χ3v) is 9.54. The number of anilines is 1. The van der Waals surface area contributed by atoms with E-state index in [-0.39, 0.29) is 11.3 Å². The van der Waals surface area contributed by atoms with Crippen LogP contribution in [0.1, 0.15) is 101 Å². The molecule has 4 heteroatoms. The van der Waals surface area contributed by atoms with Crippen LogP contribution in [0, 0.1) is 17.3 Å². The van der Waals surface area contributed by atoms with E-state index in [9.17, 15) is 4.79 Å². The molecule has 1 aromatic carbocycles. The van der Waals surface area contributed by atoms with Crippen LogP contribution in [0.2, 0.25) is 0 Å². The van der Waals surface area contributed by atoms with Crippen molar-refractivity contribution in [2.45, 2.75) is 104 Å². The molecule has 1 amide bonds. The summed E-state index contributed by atoms with van der Waals surface area (Å²) in [5.74, 6) is 2.10. The summed E-state index contributed by atoms with van der Waals surface area (Å²) in [5, 5.41) is 3.29. The molecule has 2 bridgehead atoms. The summed E-state index contributed by atoms with van der Waals surface area (Å²) < 4.78 is 0. The largest absolute Gasteiger partial charge is 0.309 e. The van der Waals surface area contributed by atoms with Crippen molar-refractivity contribution >= 4 is 11.7 Å². The van der Waals surface area contributed by atoms with Crippen LogP contribution < -0.4 is 5.32 Å². The van der Waals surface area contributed by atoms with Crippen molar-refractivity contribution in [3.8, 4) is 11.3 Å². The van der Waals surface area contributed by atoms with Gasteiger partial charge in [0.05, 0.1) is 17.1 Å². The number of rotatable bonds is 5. The van der Waals surface area contributed by atoms with Gasteiger partial charge in [-0.2, -0.15) is 0 Å². The second-order valence-electron chi connectivity index (χ2n) is 12.5. The van der Waals surface area contributed by atoms with Gasteiger partial charge in [0.2, 0.25) is 5.91 Å². The lowest BCUT2D eigenvalue weighted by Gasteiger charge is -2.45. The first kappa shape index (κ1) is 23.9.